The average molecular weight is 735 g/mol. The van der Waals surface area contributed by atoms with Crippen molar-refractivity contribution in [3.05, 3.63) is 24.2 Å². The van der Waals surface area contributed by atoms with E-state index in [1.165, 1.54) is 141 Å². The highest BCUT2D eigenvalue weighted by Gasteiger charge is 2.32. The first-order valence-corrected chi connectivity index (χ1v) is 22.4. The average Bonchev–Trinajstić information content (AvgIpc) is 3.80. The number of anilines is 1. The summed E-state index contributed by atoms with van der Waals surface area (Å²) >= 11 is 0. The van der Waals surface area contributed by atoms with E-state index < -0.39 is 7.82 Å². The number of rotatable bonds is 29. The summed E-state index contributed by atoms with van der Waals surface area (Å²) in [5.41, 5.74) is 7.58. The highest BCUT2D eigenvalue weighted by atomic mass is 31.2. The van der Waals surface area contributed by atoms with Crippen LogP contribution in [0, 0.1) is 5.92 Å². The van der Waals surface area contributed by atoms with E-state index in [2.05, 4.69) is 17.0 Å². The molecule has 3 N–H and O–H groups in total. The van der Waals surface area contributed by atoms with Gasteiger partial charge in [-0.1, -0.05) is 142 Å². The Morgan fingerprint density at radius 2 is 1.43 bits per heavy atom. The molecule has 0 spiro atoms. The number of fused-ring (bicyclic) bond motifs is 1. The normalized spacial score (nSPS) is 20.3. The van der Waals surface area contributed by atoms with Gasteiger partial charge in [0.05, 0.1) is 31.1 Å². The quantitative estimate of drug-likeness (QED) is 0.0619. The molecule has 0 aromatic carbocycles. The van der Waals surface area contributed by atoms with Crippen molar-refractivity contribution < 1.29 is 28.0 Å². The van der Waals surface area contributed by atoms with Crippen molar-refractivity contribution in [2.75, 3.05) is 25.6 Å². The third-order valence-corrected chi connectivity index (χ3v) is 11.9. The van der Waals surface area contributed by atoms with E-state index in [9.17, 15) is 9.46 Å². The first-order chi connectivity index (χ1) is 24.9. The minimum Gasteiger partial charge on any atom is -0.382 e. The van der Waals surface area contributed by atoms with Crippen molar-refractivity contribution in [3.8, 4) is 0 Å². The largest absolute Gasteiger partial charge is 0.472 e. The van der Waals surface area contributed by atoms with Crippen molar-refractivity contribution in [1.82, 2.24) is 14.6 Å². The van der Waals surface area contributed by atoms with Crippen molar-refractivity contribution >= 4 is 19.2 Å². The molecule has 2 aliphatic rings. The molecule has 2 aromatic rings. The molecule has 1 aliphatic carbocycles. The lowest BCUT2D eigenvalue weighted by atomic mass is 9.90. The van der Waals surface area contributed by atoms with Gasteiger partial charge in [-0.25, -0.2) is 14.1 Å². The minimum atomic E-state index is -4.26. The minimum absolute atomic E-state index is 0.0163. The summed E-state index contributed by atoms with van der Waals surface area (Å²) in [6, 6.07) is 3.81. The SMILES string of the molecule is CCCCCCCCCCCCCCCCCCCCC(COP(=O)(O)OCC1CCC(c2ccc3c(N)ncnn23)O1)OCC1CCCCC1. The van der Waals surface area contributed by atoms with Gasteiger partial charge in [0.15, 0.2) is 5.82 Å². The Hall–Kier alpha value is -1.55. The van der Waals surface area contributed by atoms with Crippen LogP contribution in [0.4, 0.5) is 5.82 Å². The van der Waals surface area contributed by atoms with E-state index in [0.717, 1.165) is 36.9 Å². The number of unbranched alkanes of at least 4 members (excludes halogenated alkanes) is 17. The van der Waals surface area contributed by atoms with E-state index in [-0.39, 0.29) is 31.5 Å². The number of ether oxygens (including phenoxy) is 2. The zero-order valence-corrected chi connectivity index (χ0v) is 32.8. The molecule has 1 saturated carbocycles. The maximum atomic E-state index is 12.9. The second-order valence-corrected chi connectivity index (χ2v) is 16.8. The van der Waals surface area contributed by atoms with Crippen LogP contribution in [-0.2, 0) is 23.1 Å². The van der Waals surface area contributed by atoms with E-state index in [4.69, 9.17) is 24.3 Å². The lowest BCUT2D eigenvalue weighted by Gasteiger charge is -2.25. The van der Waals surface area contributed by atoms with Gasteiger partial charge < -0.3 is 20.1 Å². The monoisotopic (exact) mass is 735 g/mol. The highest BCUT2D eigenvalue weighted by molar-refractivity contribution is 7.47. The third-order valence-electron chi connectivity index (χ3n) is 11.0. The molecule has 51 heavy (non-hydrogen) atoms. The molecule has 2 fully saturated rings. The Morgan fingerprint density at radius 3 is 2.06 bits per heavy atom. The van der Waals surface area contributed by atoms with Crippen LogP contribution < -0.4 is 5.73 Å². The van der Waals surface area contributed by atoms with Gasteiger partial charge in [0.25, 0.3) is 0 Å². The number of hydrogen-bond donors (Lipinski definition) is 2. The molecule has 292 valence electrons. The summed E-state index contributed by atoms with van der Waals surface area (Å²) in [6.45, 7) is 3.03. The zero-order chi connectivity index (χ0) is 36.0. The van der Waals surface area contributed by atoms with Crippen molar-refractivity contribution in [2.24, 2.45) is 5.92 Å². The van der Waals surface area contributed by atoms with Gasteiger partial charge in [0, 0.05) is 6.61 Å². The number of nitrogens with two attached hydrogens (primary N) is 1. The van der Waals surface area contributed by atoms with Crippen LogP contribution in [0.25, 0.3) is 5.52 Å². The Balaban J connectivity index is 1.06. The molecule has 11 heteroatoms. The number of nitrogens with zero attached hydrogens (tertiary/aromatic N) is 3. The molecule has 1 aliphatic heterocycles. The standard InChI is InChI=1S/C40H71N4O6P/c1-2-3-4-5-6-7-8-9-10-11-12-13-14-15-16-17-18-22-25-35(47-30-34-23-20-19-21-24-34)31-48-51(45,46)49-32-36-26-29-39(50-36)37-27-28-38-40(41)42-33-43-44(37)38/h27-28,33-36,39H,2-26,29-32H2,1H3,(H,45,46)(H2,41,42,43). The molecule has 10 nitrogen and oxygen atoms in total. The molecule has 1 saturated heterocycles. The first kappa shape index (κ1) is 42.2. The van der Waals surface area contributed by atoms with Crippen LogP contribution in [0.2, 0.25) is 0 Å². The summed E-state index contributed by atoms with van der Waals surface area (Å²) in [5, 5.41) is 4.31. The molecule has 3 heterocycles. The van der Waals surface area contributed by atoms with E-state index in [1.54, 1.807) is 4.52 Å². The van der Waals surface area contributed by atoms with Gasteiger partial charge in [0.1, 0.15) is 17.9 Å². The number of aromatic nitrogens is 3. The molecule has 4 atom stereocenters. The number of phosphoric ester groups is 1. The molecule has 0 amide bonds. The molecule has 2 aromatic heterocycles. The summed E-state index contributed by atoms with van der Waals surface area (Å²) in [5.74, 6) is 0.987. The molecule has 4 unspecified atom stereocenters. The van der Waals surface area contributed by atoms with Crippen molar-refractivity contribution in [2.45, 2.75) is 192 Å². The van der Waals surface area contributed by atoms with E-state index >= 15 is 0 Å². The van der Waals surface area contributed by atoms with Gasteiger partial charge in [-0.15, -0.1) is 0 Å². The van der Waals surface area contributed by atoms with Crippen LogP contribution in [0.15, 0.2) is 18.5 Å². The lowest BCUT2D eigenvalue weighted by molar-refractivity contribution is -0.0244. The van der Waals surface area contributed by atoms with E-state index in [0.29, 0.717) is 24.8 Å². The Morgan fingerprint density at radius 1 is 0.824 bits per heavy atom. The summed E-state index contributed by atoms with van der Waals surface area (Å²) < 4.78 is 38.1. The Labute approximate surface area is 308 Å². The fraction of sp³-hybridized carbons (Fsp3) is 0.850. The molecule has 0 radical (unpaired) electrons. The van der Waals surface area contributed by atoms with E-state index in [1.807, 2.05) is 12.1 Å². The van der Waals surface area contributed by atoms with Crippen LogP contribution in [0.3, 0.4) is 0 Å². The van der Waals surface area contributed by atoms with Crippen LogP contribution >= 0.6 is 7.82 Å². The second-order valence-electron chi connectivity index (χ2n) is 15.3. The van der Waals surface area contributed by atoms with Crippen LogP contribution in [-0.4, -0.2) is 51.5 Å². The maximum Gasteiger partial charge on any atom is 0.472 e. The number of phosphoric acid groups is 1. The predicted molar refractivity (Wildman–Crippen MR) is 206 cm³/mol. The Bertz CT molecular complexity index is 1240. The van der Waals surface area contributed by atoms with Gasteiger partial charge >= 0.3 is 7.82 Å². The summed E-state index contributed by atoms with van der Waals surface area (Å²) in [7, 11) is -4.26. The second kappa shape index (κ2) is 24.7. The van der Waals surface area contributed by atoms with Gasteiger partial charge in [0.2, 0.25) is 0 Å². The van der Waals surface area contributed by atoms with Gasteiger partial charge in [-0.2, -0.15) is 5.10 Å². The predicted octanol–water partition coefficient (Wildman–Crippen LogP) is 11.1. The molecule has 4 rings (SSSR count). The first-order valence-electron chi connectivity index (χ1n) is 20.9. The van der Waals surface area contributed by atoms with Crippen molar-refractivity contribution in [1.29, 1.82) is 0 Å². The zero-order valence-electron chi connectivity index (χ0n) is 31.9. The number of nitrogen functional groups attached to an aromatic ring is 1. The fourth-order valence-corrected chi connectivity index (χ4v) is 8.55. The lowest BCUT2D eigenvalue weighted by Crippen LogP contribution is -2.24. The van der Waals surface area contributed by atoms with Gasteiger partial charge in [-0.3, -0.25) is 9.05 Å². The van der Waals surface area contributed by atoms with Gasteiger partial charge in [-0.05, 0) is 50.2 Å². The molecule has 0 bridgehead atoms. The Kier molecular flexibility index (Phi) is 20.4. The molecular weight excluding hydrogens is 663 g/mol. The number of hydrogen-bond acceptors (Lipinski definition) is 8. The molecular formula is C40H71N4O6P. The smallest absolute Gasteiger partial charge is 0.382 e. The summed E-state index contributed by atoms with van der Waals surface area (Å²) in [6.07, 6.45) is 33.5. The van der Waals surface area contributed by atoms with Crippen LogP contribution in [0.1, 0.15) is 186 Å². The topological polar surface area (TPSA) is 130 Å². The van der Waals surface area contributed by atoms with Crippen molar-refractivity contribution in [3.63, 3.8) is 0 Å². The third kappa shape index (κ3) is 16.6. The van der Waals surface area contributed by atoms with Crippen LogP contribution in [0.5, 0.6) is 0 Å². The maximum absolute atomic E-state index is 12.9. The summed E-state index contributed by atoms with van der Waals surface area (Å²) in [4.78, 5) is 14.6. The fourth-order valence-electron chi connectivity index (χ4n) is 7.77. The highest BCUT2D eigenvalue weighted by Crippen LogP contribution is 2.45.